The Morgan fingerprint density at radius 3 is 2.10 bits per heavy atom. The summed E-state index contributed by atoms with van der Waals surface area (Å²) in [5, 5.41) is 0. The van der Waals surface area contributed by atoms with Gasteiger partial charge in [0.05, 0.1) is 0 Å². The van der Waals surface area contributed by atoms with Crippen LogP contribution in [0.1, 0.15) is 92.4 Å². The van der Waals surface area contributed by atoms with E-state index in [1.54, 1.807) is 0 Å². The van der Waals surface area contributed by atoms with Gasteiger partial charge in [-0.3, -0.25) is 4.79 Å². The highest BCUT2D eigenvalue weighted by atomic mass is 16.5. The van der Waals surface area contributed by atoms with Crippen molar-refractivity contribution in [2.45, 2.75) is 98.5 Å². The topological polar surface area (TPSA) is 26.3 Å². The Bertz CT molecular complexity index is 238. The maximum Gasteiger partial charge on any atom is 0.302 e. The molecule has 0 aromatic carbocycles. The lowest BCUT2D eigenvalue weighted by Gasteiger charge is -2.20. The zero-order valence-corrected chi connectivity index (χ0v) is 14.4. The highest BCUT2D eigenvalue weighted by Crippen LogP contribution is 2.20. The number of esters is 1. The van der Waals surface area contributed by atoms with Crippen molar-refractivity contribution in [1.82, 2.24) is 0 Å². The Morgan fingerprint density at radius 1 is 0.900 bits per heavy atom. The first-order valence-corrected chi connectivity index (χ1v) is 8.64. The fraction of sp³-hybridized carbons (Fsp3) is 0.944. The minimum absolute atomic E-state index is 0.0526. The summed E-state index contributed by atoms with van der Waals surface area (Å²) in [6.45, 7) is 10.3. The summed E-state index contributed by atoms with van der Waals surface area (Å²) in [7, 11) is 0. The molecule has 0 unspecified atom stereocenters. The second-order valence-electron chi connectivity index (χ2n) is 6.53. The van der Waals surface area contributed by atoms with Crippen molar-refractivity contribution in [3.05, 3.63) is 0 Å². The highest BCUT2D eigenvalue weighted by Gasteiger charge is 2.15. The van der Waals surface area contributed by atoms with E-state index in [1.807, 2.05) is 6.92 Å². The molecule has 2 nitrogen and oxygen atoms in total. The lowest BCUT2D eigenvalue weighted by Crippen LogP contribution is -2.20. The van der Waals surface area contributed by atoms with E-state index < -0.39 is 0 Å². The van der Waals surface area contributed by atoms with Crippen LogP contribution in [0, 0.1) is 11.8 Å². The summed E-state index contributed by atoms with van der Waals surface area (Å²) in [6, 6.07) is 0. The van der Waals surface area contributed by atoms with Gasteiger partial charge in [0, 0.05) is 6.92 Å². The van der Waals surface area contributed by atoms with Gasteiger partial charge >= 0.3 is 5.97 Å². The van der Waals surface area contributed by atoms with Gasteiger partial charge in [0.15, 0.2) is 0 Å². The molecule has 0 aliphatic rings. The third-order valence-electron chi connectivity index (χ3n) is 4.31. The molecule has 0 heterocycles. The van der Waals surface area contributed by atoms with Gasteiger partial charge in [-0.15, -0.1) is 0 Å². The first-order chi connectivity index (χ1) is 9.47. The molecule has 20 heavy (non-hydrogen) atoms. The maximum atomic E-state index is 10.9. The van der Waals surface area contributed by atoms with E-state index in [0.717, 1.165) is 12.3 Å². The third-order valence-corrected chi connectivity index (χ3v) is 4.31. The molecule has 3 atom stereocenters. The van der Waals surface area contributed by atoms with Crippen LogP contribution in [0.15, 0.2) is 0 Å². The van der Waals surface area contributed by atoms with Gasteiger partial charge in [0.2, 0.25) is 0 Å². The van der Waals surface area contributed by atoms with Crippen LogP contribution in [0.5, 0.6) is 0 Å². The molecule has 0 radical (unpaired) electrons. The minimum atomic E-state index is -0.162. The van der Waals surface area contributed by atoms with Crippen molar-refractivity contribution in [1.29, 1.82) is 0 Å². The third kappa shape index (κ3) is 11.3. The molecule has 0 fully saturated rings. The quantitative estimate of drug-likeness (QED) is 0.337. The SMILES string of the molecule is CCCCCCC[C@H](C)CCC[C@H](C)[C@H](C)OC(C)=O. The van der Waals surface area contributed by atoms with Crippen molar-refractivity contribution in [3.63, 3.8) is 0 Å². The molecule has 0 amide bonds. The summed E-state index contributed by atoms with van der Waals surface area (Å²) in [5.74, 6) is 1.15. The van der Waals surface area contributed by atoms with Crippen molar-refractivity contribution in [3.8, 4) is 0 Å². The number of hydrogen-bond acceptors (Lipinski definition) is 2. The minimum Gasteiger partial charge on any atom is -0.463 e. The van der Waals surface area contributed by atoms with E-state index >= 15 is 0 Å². The number of carbonyl (C=O) groups is 1. The monoisotopic (exact) mass is 284 g/mol. The maximum absolute atomic E-state index is 10.9. The molecule has 0 aromatic heterocycles. The van der Waals surface area contributed by atoms with Crippen LogP contribution >= 0.6 is 0 Å². The molecular formula is C18H36O2. The summed E-state index contributed by atoms with van der Waals surface area (Å²) in [4.78, 5) is 10.9. The fourth-order valence-corrected chi connectivity index (χ4v) is 2.64. The Hall–Kier alpha value is -0.530. The van der Waals surface area contributed by atoms with Crippen LogP contribution in [0.3, 0.4) is 0 Å². The Balaban J connectivity index is 3.54. The van der Waals surface area contributed by atoms with E-state index in [2.05, 4.69) is 20.8 Å². The van der Waals surface area contributed by atoms with E-state index in [0.29, 0.717) is 5.92 Å². The second kappa shape index (κ2) is 12.2. The van der Waals surface area contributed by atoms with Gasteiger partial charge in [-0.05, 0) is 25.2 Å². The lowest BCUT2D eigenvalue weighted by atomic mass is 9.93. The first kappa shape index (κ1) is 19.5. The summed E-state index contributed by atoms with van der Waals surface area (Å²) >= 11 is 0. The number of ether oxygens (including phenoxy) is 1. The van der Waals surface area contributed by atoms with Crippen molar-refractivity contribution in [2.24, 2.45) is 11.8 Å². The average Bonchev–Trinajstić information content (AvgIpc) is 2.37. The summed E-state index contributed by atoms with van der Waals surface area (Å²) in [5.41, 5.74) is 0. The fourth-order valence-electron chi connectivity index (χ4n) is 2.64. The zero-order chi connectivity index (χ0) is 15.4. The van der Waals surface area contributed by atoms with Crippen LogP contribution in [-0.2, 0) is 9.53 Å². The molecule has 0 aliphatic carbocycles. The smallest absolute Gasteiger partial charge is 0.302 e. The molecule has 0 rings (SSSR count). The van der Waals surface area contributed by atoms with Gasteiger partial charge in [0.25, 0.3) is 0 Å². The van der Waals surface area contributed by atoms with Gasteiger partial charge in [-0.1, -0.05) is 72.1 Å². The molecule has 0 saturated heterocycles. The van der Waals surface area contributed by atoms with E-state index in [9.17, 15) is 4.79 Å². The highest BCUT2D eigenvalue weighted by molar-refractivity contribution is 5.66. The Kier molecular flexibility index (Phi) is 11.9. The van der Waals surface area contributed by atoms with Gasteiger partial charge in [-0.2, -0.15) is 0 Å². The predicted molar refractivity (Wildman–Crippen MR) is 86.8 cm³/mol. The molecular weight excluding hydrogens is 248 g/mol. The van der Waals surface area contributed by atoms with E-state index in [-0.39, 0.29) is 12.1 Å². The standard InChI is InChI=1S/C18H36O2/c1-6-7-8-9-10-12-15(2)13-11-14-16(3)17(4)20-18(5)19/h15-17H,6-14H2,1-5H3/t15-,16-,17-/m0/s1. The van der Waals surface area contributed by atoms with Crippen molar-refractivity contribution in [2.75, 3.05) is 0 Å². The normalized spacial score (nSPS) is 15.7. The van der Waals surface area contributed by atoms with Crippen LogP contribution in [-0.4, -0.2) is 12.1 Å². The number of carbonyl (C=O) groups excluding carboxylic acids is 1. The van der Waals surface area contributed by atoms with Crippen molar-refractivity contribution >= 4 is 5.97 Å². The van der Waals surface area contributed by atoms with Gasteiger partial charge in [-0.25, -0.2) is 0 Å². The summed E-state index contributed by atoms with van der Waals surface area (Å²) in [6.07, 6.45) is 12.1. The number of hydrogen-bond donors (Lipinski definition) is 0. The molecule has 0 bridgehead atoms. The van der Waals surface area contributed by atoms with E-state index in [1.165, 1.54) is 58.3 Å². The van der Waals surface area contributed by atoms with Gasteiger partial charge in [0.1, 0.15) is 6.10 Å². The molecule has 0 aliphatic heterocycles. The molecule has 120 valence electrons. The van der Waals surface area contributed by atoms with Crippen LogP contribution in [0.4, 0.5) is 0 Å². The Labute approximate surface area is 126 Å². The van der Waals surface area contributed by atoms with E-state index in [4.69, 9.17) is 4.74 Å². The zero-order valence-electron chi connectivity index (χ0n) is 14.4. The largest absolute Gasteiger partial charge is 0.463 e. The number of rotatable bonds is 12. The second-order valence-corrected chi connectivity index (χ2v) is 6.53. The van der Waals surface area contributed by atoms with Crippen molar-refractivity contribution < 1.29 is 9.53 Å². The van der Waals surface area contributed by atoms with Crippen LogP contribution < -0.4 is 0 Å². The van der Waals surface area contributed by atoms with Crippen LogP contribution in [0.25, 0.3) is 0 Å². The molecule has 0 spiro atoms. The van der Waals surface area contributed by atoms with Crippen LogP contribution in [0.2, 0.25) is 0 Å². The summed E-state index contributed by atoms with van der Waals surface area (Å²) < 4.78 is 5.23. The molecule has 0 aromatic rings. The first-order valence-electron chi connectivity index (χ1n) is 8.64. The molecule has 0 N–H and O–H groups in total. The number of unbranched alkanes of at least 4 members (excludes halogenated alkanes) is 4. The Morgan fingerprint density at radius 2 is 1.50 bits per heavy atom. The molecule has 2 heteroatoms. The average molecular weight is 284 g/mol. The molecule has 0 saturated carbocycles. The van der Waals surface area contributed by atoms with Gasteiger partial charge < -0.3 is 4.74 Å². The predicted octanol–water partition coefficient (Wildman–Crippen LogP) is 5.74. The lowest BCUT2D eigenvalue weighted by molar-refractivity contribution is -0.147.